The van der Waals surface area contributed by atoms with Crippen LogP contribution >= 0.6 is 0 Å². The Morgan fingerprint density at radius 2 is 1.85 bits per heavy atom. The number of ether oxygens (including phenoxy) is 1. The maximum absolute atomic E-state index is 12.6. The smallest absolute Gasteiger partial charge is 0.258 e. The topological polar surface area (TPSA) is 98.2 Å². The van der Waals surface area contributed by atoms with Gasteiger partial charge in [0.25, 0.3) is 5.91 Å². The minimum atomic E-state index is -3.26. The predicted molar refractivity (Wildman–Crippen MR) is 104 cm³/mol. The third-order valence-corrected chi connectivity index (χ3v) is 4.12. The highest BCUT2D eigenvalue weighted by Gasteiger charge is 2.19. The lowest BCUT2D eigenvalue weighted by atomic mass is 10.2. The van der Waals surface area contributed by atoms with Crippen molar-refractivity contribution in [2.75, 3.05) is 6.26 Å². The molecule has 0 bridgehead atoms. The number of hydrogen-bond acceptors (Lipinski definition) is 6. The van der Waals surface area contributed by atoms with Gasteiger partial charge in [0.15, 0.2) is 9.84 Å². The number of carbonyl (C=O) groups is 1. The summed E-state index contributed by atoms with van der Waals surface area (Å²) >= 11 is 0. The Balaban J connectivity index is 2.28. The fraction of sp³-hybridized carbons (Fsp3) is 0.316. The highest BCUT2D eigenvalue weighted by molar-refractivity contribution is 7.93. The fourth-order valence-corrected chi connectivity index (χ4v) is 2.61. The van der Waals surface area contributed by atoms with Crippen molar-refractivity contribution >= 4 is 15.7 Å². The van der Waals surface area contributed by atoms with Crippen molar-refractivity contribution in [3.05, 3.63) is 59.4 Å². The van der Waals surface area contributed by atoms with E-state index in [0.29, 0.717) is 11.6 Å². The first-order chi connectivity index (χ1) is 12.7. The summed E-state index contributed by atoms with van der Waals surface area (Å²) < 4.78 is 28.2. The van der Waals surface area contributed by atoms with E-state index in [2.05, 4.69) is 15.3 Å². The molecule has 0 saturated carbocycles. The van der Waals surface area contributed by atoms with Crippen molar-refractivity contribution in [3.8, 4) is 11.6 Å². The molecule has 1 N–H and O–H groups in total. The van der Waals surface area contributed by atoms with Gasteiger partial charge < -0.3 is 10.1 Å². The van der Waals surface area contributed by atoms with E-state index >= 15 is 0 Å². The zero-order valence-corrected chi connectivity index (χ0v) is 16.5. The van der Waals surface area contributed by atoms with E-state index in [9.17, 15) is 13.2 Å². The number of carbonyl (C=O) groups excluding carboxylic acids is 1. The van der Waals surface area contributed by atoms with Crippen LogP contribution in [0.1, 0.15) is 42.9 Å². The van der Waals surface area contributed by atoms with Crippen LogP contribution in [0, 0.1) is 0 Å². The first kappa shape index (κ1) is 20.6. The zero-order valence-electron chi connectivity index (χ0n) is 15.7. The van der Waals surface area contributed by atoms with Crippen molar-refractivity contribution in [1.82, 2.24) is 15.3 Å². The van der Waals surface area contributed by atoms with Crippen LogP contribution in [-0.2, 0) is 9.84 Å². The molecule has 1 unspecified atom stereocenters. The Morgan fingerprint density at radius 3 is 2.44 bits per heavy atom. The Labute approximate surface area is 159 Å². The summed E-state index contributed by atoms with van der Waals surface area (Å²) in [5.74, 6) is 0.864. The number of aromatic nitrogens is 2. The second-order valence-corrected chi connectivity index (χ2v) is 8.37. The Bertz CT molecular complexity index is 925. The van der Waals surface area contributed by atoms with Crippen LogP contribution in [-0.4, -0.2) is 36.6 Å². The first-order valence-electron chi connectivity index (χ1n) is 8.44. The Kier molecular flexibility index (Phi) is 6.68. The van der Waals surface area contributed by atoms with Crippen LogP contribution < -0.4 is 10.1 Å². The van der Waals surface area contributed by atoms with E-state index in [4.69, 9.17) is 4.74 Å². The highest BCUT2D eigenvalue weighted by atomic mass is 32.2. The minimum absolute atomic E-state index is 0.0665. The molecule has 27 heavy (non-hydrogen) atoms. The van der Waals surface area contributed by atoms with Crippen molar-refractivity contribution in [2.45, 2.75) is 32.7 Å². The summed E-state index contributed by atoms with van der Waals surface area (Å²) in [7, 11) is -3.26. The van der Waals surface area contributed by atoms with Crippen molar-refractivity contribution in [3.63, 3.8) is 0 Å². The average Bonchev–Trinajstić information content (AvgIpc) is 2.60. The molecule has 1 amide bonds. The van der Waals surface area contributed by atoms with Gasteiger partial charge >= 0.3 is 0 Å². The number of benzene rings is 1. The van der Waals surface area contributed by atoms with E-state index in [1.54, 1.807) is 19.1 Å². The Hall–Kier alpha value is -2.74. The highest BCUT2D eigenvalue weighted by Crippen LogP contribution is 2.24. The molecule has 0 saturated heterocycles. The van der Waals surface area contributed by atoms with E-state index in [0.717, 1.165) is 11.7 Å². The van der Waals surface area contributed by atoms with Gasteiger partial charge in [-0.2, -0.15) is 4.98 Å². The predicted octanol–water partition coefficient (Wildman–Crippen LogP) is 3.07. The lowest BCUT2D eigenvalue weighted by Crippen LogP contribution is -2.31. The van der Waals surface area contributed by atoms with Gasteiger partial charge in [0.05, 0.1) is 0 Å². The summed E-state index contributed by atoms with van der Waals surface area (Å²) in [6.45, 7) is 5.56. The molecule has 8 heteroatoms. The molecule has 0 aliphatic carbocycles. The van der Waals surface area contributed by atoms with Crippen LogP contribution in [0.4, 0.5) is 0 Å². The van der Waals surface area contributed by atoms with Crippen LogP contribution in [0.2, 0.25) is 0 Å². The molecule has 1 aromatic carbocycles. The van der Waals surface area contributed by atoms with Crippen LogP contribution in [0.25, 0.3) is 0 Å². The minimum Gasteiger partial charge on any atom is -0.438 e. The van der Waals surface area contributed by atoms with Gasteiger partial charge in [0.2, 0.25) is 5.88 Å². The van der Waals surface area contributed by atoms with E-state index in [1.165, 1.54) is 12.3 Å². The largest absolute Gasteiger partial charge is 0.438 e. The van der Waals surface area contributed by atoms with Crippen molar-refractivity contribution < 1.29 is 17.9 Å². The molecule has 0 aliphatic heterocycles. The quantitative estimate of drug-likeness (QED) is 0.781. The van der Waals surface area contributed by atoms with Gasteiger partial charge in [-0.15, -0.1) is 0 Å². The summed E-state index contributed by atoms with van der Waals surface area (Å²) in [5.41, 5.74) is 0.169. The van der Waals surface area contributed by atoms with Gasteiger partial charge in [-0.3, -0.25) is 4.79 Å². The molecule has 0 radical (unpaired) electrons. The maximum Gasteiger partial charge on any atom is 0.258 e. The second kappa shape index (κ2) is 8.77. The standard InChI is InChI=1S/C19H23N3O4S/c1-13(2)17-20-12-16(18(23)21-14(3)10-11-27(4,24)25)19(22-17)26-15-8-6-5-7-9-15/h5-14H,1-4H3,(H,21,23)/b11-10+. The van der Waals surface area contributed by atoms with Crippen molar-refractivity contribution in [2.24, 2.45) is 0 Å². The normalized spacial score (nSPS) is 12.9. The molecule has 0 fully saturated rings. The lowest BCUT2D eigenvalue weighted by Gasteiger charge is -2.14. The van der Waals surface area contributed by atoms with E-state index < -0.39 is 21.8 Å². The lowest BCUT2D eigenvalue weighted by molar-refractivity contribution is 0.0943. The van der Waals surface area contributed by atoms with Gasteiger partial charge in [-0.05, 0) is 19.1 Å². The van der Waals surface area contributed by atoms with Gasteiger partial charge in [-0.25, -0.2) is 13.4 Å². The number of nitrogens with zero attached hydrogens (tertiary/aromatic N) is 2. The number of hydrogen-bond donors (Lipinski definition) is 1. The van der Waals surface area contributed by atoms with Crippen LogP contribution in [0.15, 0.2) is 48.0 Å². The number of sulfone groups is 1. The zero-order chi connectivity index (χ0) is 20.0. The third kappa shape index (κ3) is 6.49. The van der Waals surface area contributed by atoms with Crippen molar-refractivity contribution in [1.29, 1.82) is 0 Å². The van der Waals surface area contributed by atoms with E-state index in [-0.39, 0.29) is 17.4 Å². The summed E-state index contributed by atoms with van der Waals surface area (Å²) in [4.78, 5) is 21.2. The molecule has 0 spiro atoms. The molecule has 2 rings (SSSR count). The number of rotatable bonds is 7. The molecule has 1 aromatic heterocycles. The van der Waals surface area contributed by atoms with Gasteiger partial charge in [0, 0.05) is 29.8 Å². The molecule has 144 valence electrons. The van der Waals surface area contributed by atoms with Gasteiger partial charge in [0.1, 0.15) is 17.1 Å². The number of para-hydroxylation sites is 1. The Morgan fingerprint density at radius 1 is 1.19 bits per heavy atom. The van der Waals surface area contributed by atoms with E-state index in [1.807, 2.05) is 32.0 Å². The second-order valence-electron chi connectivity index (χ2n) is 6.44. The summed E-state index contributed by atoms with van der Waals surface area (Å²) in [5, 5.41) is 3.75. The molecule has 1 atom stereocenters. The first-order valence-corrected chi connectivity index (χ1v) is 10.4. The molecule has 7 nitrogen and oxygen atoms in total. The molecule has 0 aliphatic rings. The summed E-state index contributed by atoms with van der Waals surface area (Å²) in [6, 6.07) is 8.51. The fourth-order valence-electron chi connectivity index (χ4n) is 2.08. The van der Waals surface area contributed by atoms with Gasteiger partial charge in [-0.1, -0.05) is 38.1 Å². The average molecular weight is 389 g/mol. The van der Waals surface area contributed by atoms with Crippen LogP contribution in [0.3, 0.4) is 0 Å². The molecule has 1 heterocycles. The monoisotopic (exact) mass is 389 g/mol. The van der Waals surface area contributed by atoms with Crippen LogP contribution in [0.5, 0.6) is 11.6 Å². The molecular weight excluding hydrogens is 366 g/mol. The summed E-state index contributed by atoms with van der Waals surface area (Å²) in [6.07, 6.45) is 3.90. The number of nitrogens with one attached hydrogen (secondary N) is 1. The SMILES string of the molecule is CC(/C=C/S(C)(=O)=O)NC(=O)c1cnc(C(C)C)nc1Oc1ccccc1. The third-order valence-electron chi connectivity index (χ3n) is 3.46. The molecular formula is C19H23N3O4S. The maximum atomic E-state index is 12.6. The number of amides is 1. The molecule has 2 aromatic rings.